The lowest BCUT2D eigenvalue weighted by Crippen LogP contribution is -2.48. The third-order valence-electron chi connectivity index (χ3n) is 8.34. The number of carbonyl (C=O) groups excluding carboxylic acids is 4. The fourth-order valence-electron chi connectivity index (χ4n) is 4.92. The Labute approximate surface area is 370 Å². The lowest BCUT2D eigenvalue weighted by molar-refractivity contribution is -0.141. The Bertz CT molecular complexity index is 1410. The summed E-state index contributed by atoms with van der Waals surface area (Å²) >= 11 is 0. The Hall–Kier alpha value is -5.29. The summed E-state index contributed by atoms with van der Waals surface area (Å²) in [4.78, 5) is 96.6. The summed E-state index contributed by atoms with van der Waals surface area (Å²) in [5.41, 5.74) is 0. The molecular weight excluding hydrogens is 886 g/mol. The normalized spacial score (nSPS) is 15.5. The smallest absolute Gasteiger partial charge is 0.317 e. The Morgan fingerprint density at radius 1 is 0.446 bits per heavy atom. The topological polar surface area (TPSA) is 484 Å². The van der Waals surface area contributed by atoms with Gasteiger partial charge in [-0.15, -0.1) is 0 Å². The molecule has 374 valence electrons. The first kappa shape index (κ1) is 59.7. The second-order valence-electron chi connectivity index (χ2n) is 13.8. The molecule has 0 aromatic carbocycles. The van der Waals surface area contributed by atoms with E-state index >= 15 is 0 Å². The molecular formula is C34H61N9O22. The van der Waals surface area contributed by atoms with Gasteiger partial charge >= 0.3 is 17.9 Å². The van der Waals surface area contributed by atoms with Crippen molar-refractivity contribution in [2.75, 3.05) is 112 Å². The molecule has 4 amide bonds. The molecule has 0 saturated heterocycles. The van der Waals surface area contributed by atoms with E-state index in [1.54, 1.807) is 0 Å². The summed E-state index contributed by atoms with van der Waals surface area (Å²) < 4.78 is 0. The maximum Gasteiger partial charge on any atom is 0.317 e. The third-order valence-corrected chi connectivity index (χ3v) is 8.34. The number of aliphatic hydroxyl groups is 10. The van der Waals surface area contributed by atoms with Crippen molar-refractivity contribution in [1.29, 1.82) is 0 Å². The van der Waals surface area contributed by atoms with E-state index in [9.17, 15) is 89.7 Å². The number of aliphatic hydroxyl groups excluding tert-OH is 10. The van der Waals surface area contributed by atoms with E-state index in [0.717, 1.165) is 0 Å². The average Bonchev–Trinajstić information content (AvgIpc) is 3.25. The largest absolute Gasteiger partial charge is 0.480 e. The zero-order valence-corrected chi connectivity index (χ0v) is 35.0. The molecule has 65 heavy (non-hydrogen) atoms. The van der Waals surface area contributed by atoms with E-state index in [1.165, 1.54) is 14.7 Å². The van der Waals surface area contributed by atoms with Gasteiger partial charge in [-0.25, -0.2) is 0 Å². The van der Waals surface area contributed by atoms with Gasteiger partial charge in [-0.2, -0.15) is 0 Å². The Morgan fingerprint density at radius 3 is 1.05 bits per heavy atom. The molecule has 0 aliphatic carbocycles. The third kappa shape index (κ3) is 29.0. The first-order valence-electron chi connectivity index (χ1n) is 19.5. The van der Waals surface area contributed by atoms with Crippen LogP contribution in [0, 0.1) is 0 Å². The van der Waals surface area contributed by atoms with Crippen LogP contribution in [0.2, 0.25) is 0 Å². The quantitative estimate of drug-likeness (QED) is 0.0155. The van der Waals surface area contributed by atoms with Crippen LogP contribution in [0.1, 0.15) is 0 Å². The van der Waals surface area contributed by atoms with Gasteiger partial charge in [-0.1, -0.05) is 10.3 Å². The van der Waals surface area contributed by atoms with Crippen LogP contribution >= 0.6 is 0 Å². The number of nitrogens with one attached hydrogen (secondary N) is 4. The Balaban J connectivity index is 4.90. The number of hydrogen-bond donors (Lipinski definition) is 17. The van der Waals surface area contributed by atoms with E-state index in [0.29, 0.717) is 12.4 Å². The van der Waals surface area contributed by atoms with Gasteiger partial charge in [-0.3, -0.25) is 48.3 Å². The van der Waals surface area contributed by atoms with Crippen LogP contribution in [0.5, 0.6) is 0 Å². The predicted octanol–water partition coefficient (Wildman–Crippen LogP) is -11.5. The maximum atomic E-state index is 12.6. The van der Waals surface area contributed by atoms with Crippen molar-refractivity contribution in [1.82, 2.24) is 36.0 Å². The van der Waals surface area contributed by atoms with Crippen LogP contribution in [0.25, 0.3) is 0 Å². The van der Waals surface area contributed by atoms with Crippen molar-refractivity contribution in [3.8, 4) is 0 Å². The van der Waals surface area contributed by atoms with Gasteiger partial charge in [0.25, 0.3) is 11.8 Å². The van der Waals surface area contributed by atoms with Crippen molar-refractivity contribution in [3.05, 3.63) is 0 Å². The number of amides is 4. The van der Waals surface area contributed by atoms with Gasteiger partial charge in [0, 0.05) is 52.4 Å². The lowest BCUT2D eigenvalue weighted by Gasteiger charge is -2.28. The highest BCUT2D eigenvalue weighted by Crippen LogP contribution is 2.05. The van der Waals surface area contributed by atoms with Crippen molar-refractivity contribution < 1.29 is 110 Å². The second-order valence-corrected chi connectivity index (χ2v) is 13.8. The first-order chi connectivity index (χ1) is 30.6. The minimum Gasteiger partial charge on any atom is -0.480 e. The van der Waals surface area contributed by atoms with Crippen LogP contribution < -0.4 is 21.3 Å². The van der Waals surface area contributed by atoms with E-state index in [4.69, 9.17) is 10.2 Å². The van der Waals surface area contributed by atoms with E-state index in [-0.39, 0.29) is 52.4 Å². The molecule has 0 heterocycles. The number of carbonyl (C=O) groups is 7. The van der Waals surface area contributed by atoms with Crippen molar-refractivity contribution in [2.45, 2.75) is 48.8 Å². The van der Waals surface area contributed by atoms with Gasteiger partial charge in [0.15, 0.2) is 13.2 Å². The molecule has 17 N–H and O–H groups in total. The minimum atomic E-state index is -1.94. The van der Waals surface area contributed by atoms with Crippen LogP contribution in [0.15, 0.2) is 10.3 Å². The molecule has 0 aliphatic rings. The summed E-state index contributed by atoms with van der Waals surface area (Å²) in [6.07, 6.45) is -13.6. The highest BCUT2D eigenvalue weighted by Gasteiger charge is 2.30. The second kappa shape index (κ2) is 34.1. The van der Waals surface area contributed by atoms with Gasteiger partial charge in [-0.05, 0) is 0 Å². The summed E-state index contributed by atoms with van der Waals surface area (Å²) in [5.74, 6) is -6.72. The highest BCUT2D eigenvalue weighted by atomic mass is 16.6. The summed E-state index contributed by atoms with van der Waals surface area (Å²) in [6.45, 7) is -6.96. The molecule has 0 aromatic rings. The Morgan fingerprint density at radius 2 is 0.738 bits per heavy atom. The number of nitrogens with zero attached hydrogens (tertiary/aromatic N) is 5. The summed E-state index contributed by atoms with van der Waals surface area (Å²) in [5, 5.41) is 138. The van der Waals surface area contributed by atoms with Crippen LogP contribution in [0.4, 0.5) is 0 Å². The molecule has 0 spiro atoms. The molecule has 0 saturated carbocycles. The van der Waals surface area contributed by atoms with Crippen molar-refractivity contribution in [2.24, 2.45) is 10.3 Å². The SMILES string of the molecule is O=C(O)CN(CCN(CC(=O)O)CC(=O)NCCNC(=O)CO/N=C/[C@@H](O)[C@H](O)[C@@H](O)C(O)CO)CCN(CC(=O)O)CC(=O)NCCNC(=O)CO/N=C/[C@@H](O)[C@H](O)[C@@H](O)C(O)CO. The standard InChI is InChI=1S/C34H61N9O22/c44-16-22(48)33(62)31(60)20(46)9-39-64-18-26(52)37-3-1-35-24(50)11-42(14-29(56)57)7-5-41(13-28(54)55)6-8-43(15-30(58)59)12-25(51)36-2-4-38-27(53)19-65-40-10-21(47)32(61)34(63)23(49)17-45/h9-10,20-23,31-34,44-49,60-63H,1-8,11-19H2,(H,35,50)(H,36,51)(H,37,52)(H,38,53)(H,54,55)(H,56,57)(H,58,59)/b39-9+,40-10+/t20-,21-,22?,23?,31+,32+,33+,34+/m1/s1. The number of carboxylic acid groups (broad SMARTS) is 3. The zero-order valence-electron chi connectivity index (χ0n) is 35.0. The van der Waals surface area contributed by atoms with Gasteiger partial charge < -0.3 is 97.3 Å². The first-order valence-corrected chi connectivity index (χ1v) is 19.5. The van der Waals surface area contributed by atoms with E-state index < -0.39 is 150 Å². The monoisotopic (exact) mass is 947 g/mol. The summed E-state index contributed by atoms with van der Waals surface area (Å²) in [7, 11) is 0. The molecule has 0 rings (SSSR count). The van der Waals surface area contributed by atoms with Gasteiger partial charge in [0.2, 0.25) is 11.8 Å². The predicted molar refractivity (Wildman–Crippen MR) is 215 cm³/mol. The molecule has 0 aromatic heterocycles. The zero-order chi connectivity index (χ0) is 49.5. The van der Waals surface area contributed by atoms with Crippen LogP contribution in [0.3, 0.4) is 0 Å². The lowest BCUT2D eigenvalue weighted by atomic mass is 10.0. The number of oxime groups is 2. The van der Waals surface area contributed by atoms with Gasteiger partial charge in [0.1, 0.15) is 48.8 Å². The number of aliphatic carboxylic acids is 3. The van der Waals surface area contributed by atoms with Crippen molar-refractivity contribution in [3.63, 3.8) is 0 Å². The number of rotatable bonds is 38. The molecule has 31 nitrogen and oxygen atoms in total. The van der Waals surface area contributed by atoms with Crippen LogP contribution in [-0.4, -0.2) is 295 Å². The number of carboxylic acids is 3. The molecule has 2 unspecified atom stereocenters. The fourth-order valence-corrected chi connectivity index (χ4v) is 4.92. The minimum absolute atomic E-state index is 0.116. The number of hydrogen-bond acceptors (Lipinski definition) is 24. The van der Waals surface area contributed by atoms with Crippen LogP contribution in [-0.2, 0) is 43.2 Å². The van der Waals surface area contributed by atoms with Crippen molar-refractivity contribution >= 4 is 54.0 Å². The average molecular weight is 948 g/mol. The van der Waals surface area contributed by atoms with Gasteiger partial charge in [0.05, 0.1) is 58.4 Å². The molecule has 0 radical (unpaired) electrons. The maximum absolute atomic E-state index is 12.6. The van der Waals surface area contributed by atoms with E-state index in [1.807, 2.05) is 0 Å². The molecule has 0 aliphatic heterocycles. The molecule has 8 atom stereocenters. The molecule has 0 fully saturated rings. The summed E-state index contributed by atoms with van der Waals surface area (Å²) in [6, 6.07) is 0. The molecule has 0 bridgehead atoms. The molecule has 31 heteroatoms. The van der Waals surface area contributed by atoms with E-state index in [2.05, 4.69) is 41.3 Å². The fraction of sp³-hybridized carbons (Fsp3) is 0.735. The Kier molecular flexibility index (Phi) is 31.3. The highest BCUT2D eigenvalue weighted by molar-refractivity contribution is 5.80.